The van der Waals surface area contributed by atoms with Gasteiger partial charge in [-0.2, -0.15) is 12.7 Å². The first-order chi connectivity index (χ1) is 9.26. The van der Waals surface area contributed by atoms with Crippen LogP contribution < -0.4 is 4.72 Å². The zero-order valence-corrected chi connectivity index (χ0v) is 13.9. The summed E-state index contributed by atoms with van der Waals surface area (Å²) in [6.07, 6.45) is 0.00295. The average Bonchev–Trinajstić information content (AvgIpc) is 2.38. The van der Waals surface area contributed by atoms with Crippen LogP contribution in [0.2, 0.25) is 0 Å². The van der Waals surface area contributed by atoms with Gasteiger partial charge in [-0.3, -0.25) is 9.52 Å². The molecule has 0 saturated heterocycles. The summed E-state index contributed by atoms with van der Waals surface area (Å²) in [6.45, 7) is 1.96. The minimum Gasteiger partial charge on any atom is -0.469 e. The Bertz CT molecular complexity index is 589. The maximum atomic E-state index is 12.1. The number of carbonyl (C=O) groups is 1. The highest BCUT2D eigenvalue weighted by molar-refractivity contribution is 9.10. The van der Waals surface area contributed by atoms with Crippen molar-refractivity contribution in [2.45, 2.75) is 13.3 Å². The van der Waals surface area contributed by atoms with Crippen LogP contribution in [0.3, 0.4) is 0 Å². The average molecular weight is 365 g/mol. The summed E-state index contributed by atoms with van der Waals surface area (Å²) in [4.78, 5) is 11.0. The molecule has 1 rings (SSSR count). The van der Waals surface area contributed by atoms with Gasteiger partial charge in [-0.15, -0.1) is 0 Å². The zero-order valence-electron chi connectivity index (χ0n) is 11.5. The molecule has 0 bridgehead atoms. The lowest BCUT2D eigenvalue weighted by Crippen LogP contribution is -2.34. The predicted octanol–water partition coefficient (Wildman–Crippen LogP) is 1.91. The van der Waals surface area contributed by atoms with Crippen molar-refractivity contribution in [3.8, 4) is 0 Å². The molecule has 0 aliphatic carbocycles. The Morgan fingerprint density at radius 3 is 2.65 bits per heavy atom. The van der Waals surface area contributed by atoms with Gasteiger partial charge in [0.1, 0.15) is 0 Å². The molecule has 0 aliphatic heterocycles. The van der Waals surface area contributed by atoms with Gasteiger partial charge in [-0.25, -0.2) is 0 Å². The summed E-state index contributed by atoms with van der Waals surface area (Å²) in [5.74, 6) is -0.455. The van der Waals surface area contributed by atoms with E-state index >= 15 is 0 Å². The van der Waals surface area contributed by atoms with E-state index in [1.807, 2.05) is 13.0 Å². The van der Waals surface area contributed by atoms with Crippen molar-refractivity contribution in [1.82, 2.24) is 4.31 Å². The van der Waals surface area contributed by atoms with Crippen molar-refractivity contribution in [3.63, 3.8) is 0 Å². The summed E-state index contributed by atoms with van der Waals surface area (Å²) >= 11 is 3.30. The molecule has 0 fully saturated rings. The van der Waals surface area contributed by atoms with E-state index < -0.39 is 16.2 Å². The maximum absolute atomic E-state index is 12.1. The molecule has 1 N–H and O–H groups in total. The Morgan fingerprint density at radius 1 is 1.45 bits per heavy atom. The number of nitrogens with zero attached hydrogens (tertiary/aromatic N) is 1. The highest BCUT2D eigenvalue weighted by atomic mass is 79.9. The van der Waals surface area contributed by atoms with Gasteiger partial charge in [-0.1, -0.05) is 6.07 Å². The number of halogens is 1. The van der Waals surface area contributed by atoms with E-state index in [1.165, 1.54) is 14.2 Å². The highest BCUT2D eigenvalue weighted by Gasteiger charge is 2.19. The lowest BCUT2D eigenvalue weighted by molar-refractivity contribution is -0.140. The summed E-state index contributed by atoms with van der Waals surface area (Å²) < 4.78 is 32.8. The molecular formula is C12H17BrN2O4S. The van der Waals surface area contributed by atoms with Crippen LogP contribution >= 0.6 is 15.9 Å². The summed E-state index contributed by atoms with van der Waals surface area (Å²) in [5.41, 5.74) is 1.46. The fourth-order valence-corrected chi connectivity index (χ4v) is 3.06. The van der Waals surface area contributed by atoms with Gasteiger partial charge in [0, 0.05) is 18.1 Å². The van der Waals surface area contributed by atoms with Crippen LogP contribution in [0.5, 0.6) is 0 Å². The first-order valence-electron chi connectivity index (χ1n) is 5.83. The quantitative estimate of drug-likeness (QED) is 0.782. The SMILES string of the molecule is COC(=O)CCN(C)S(=O)(=O)Nc1ccc(C)cc1Br. The number of nitrogens with one attached hydrogen (secondary N) is 1. The van der Waals surface area contributed by atoms with Crippen LogP contribution in [0.4, 0.5) is 5.69 Å². The second kappa shape index (κ2) is 7.05. The van der Waals surface area contributed by atoms with Gasteiger partial charge in [0.25, 0.3) is 0 Å². The fraction of sp³-hybridized carbons (Fsp3) is 0.417. The molecule has 1 aromatic carbocycles. The van der Waals surface area contributed by atoms with Crippen LogP contribution in [-0.4, -0.2) is 39.4 Å². The molecule has 6 nitrogen and oxygen atoms in total. The van der Waals surface area contributed by atoms with Crippen LogP contribution in [0.15, 0.2) is 22.7 Å². The van der Waals surface area contributed by atoms with Crippen LogP contribution in [-0.2, 0) is 19.7 Å². The molecule has 0 unspecified atom stereocenters. The number of carbonyl (C=O) groups excluding carboxylic acids is 1. The van der Waals surface area contributed by atoms with Crippen molar-refractivity contribution in [2.24, 2.45) is 0 Å². The van der Waals surface area contributed by atoms with Crippen molar-refractivity contribution in [3.05, 3.63) is 28.2 Å². The van der Waals surface area contributed by atoms with Crippen molar-refractivity contribution >= 4 is 37.8 Å². The third kappa shape index (κ3) is 4.77. The van der Waals surface area contributed by atoms with Crippen molar-refractivity contribution < 1.29 is 17.9 Å². The van der Waals surface area contributed by atoms with Gasteiger partial charge in [0.2, 0.25) is 0 Å². The Kier molecular flexibility index (Phi) is 5.97. The number of methoxy groups -OCH3 is 1. The summed E-state index contributed by atoms with van der Waals surface area (Å²) in [7, 11) is -1.05. The molecule has 0 spiro atoms. The smallest absolute Gasteiger partial charge is 0.306 e. The van der Waals surface area contributed by atoms with E-state index in [0.717, 1.165) is 9.87 Å². The molecule has 0 heterocycles. The zero-order chi connectivity index (χ0) is 15.3. The normalized spacial score (nSPS) is 11.4. The van der Waals surface area contributed by atoms with Gasteiger partial charge in [0.05, 0.1) is 19.2 Å². The van der Waals surface area contributed by atoms with Crippen LogP contribution in [0.25, 0.3) is 0 Å². The van der Waals surface area contributed by atoms with E-state index in [-0.39, 0.29) is 13.0 Å². The molecule has 20 heavy (non-hydrogen) atoms. The summed E-state index contributed by atoms with van der Waals surface area (Å²) in [5, 5.41) is 0. The number of rotatable bonds is 6. The highest BCUT2D eigenvalue weighted by Crippen LogP contribution is 2.24. The molecule has 0 atom stereocenters. The first kappa shape index (κ1) is 16.9. The predicted molar refractivity (Wildman–Crippen MR) is 80.7 cm³/mol. The largest absolute Gasteiger partial charge is 0.469 e. The standard InChI is InChI=1S/C12H17BrN2O4S/c1-9-4-5-11(10(13)8-9)14-20(17,18)15(2)7-6-12(16)19-3/h4-5,8,14H,6-7H2,1-3H3. The van der Waals surface area contributed by atoms with Crippen molar-refractivity contribution in [2.75, 3.05) is 25.4 Å². The van der Waals surface area contributed by atoms with E-state index in [2.05, 4.69) is 25.4 Å². The number of hydrogen-bond acceptors (Lipinski definition) is 4. The lowest BCUT2D eigenvalue weighted by atomic mass is 10.2. The third-order valence-electron chi connectivity index (χ3n) is 2.63. The molecule has 0 saturated carbocycles. The minimum atomic E-state index is -3.71. The van der Waals surface area contributed by atoms with Crippen LogP contribution in [0, 0.1) is 6.92 Å². The van der Waals surface area contributed by atoms with Gasteiger partial charge >= 0.3 is 16.2 Å². The fourth-order valence-electron chi connectivity index (χ4n) is 1.39. The van der Waals surface area contributed by atoms with Crippen LogP contribution in [0.1, 0.15) is 12.0 Å². The molecule has 112 valence electrons. The van der Waals surface area contributed by atoms with E-state index in [9.17, 15) is 13.2 Å². The van der Waals surface area contributed by atoms with Crippen molar-refractivity contribution in [1.29, 1.82) is 0 Å². The maximum Gasteiger partial charge on any atom is 0.306 e. The summed E-state index contributed by atoms with van der Waals surface area (Å²) in [6, 6.07) is 5.29. The molecule has 0 aliphatic rings. The van der Waals surface area contributed by atoms with E-state index in [0.29, 0.717) is 10.2 Å². The number of ether oxygens (including phenoxy) is 1. The third-order valence-corrected chi connectivity index (χ3v) is 4.77. The number of hydrogen-bond donors (Lipinski definition) is 1. The molecular weight excluding hydrogens is 348 g/mol. The number of anilines is 1. The van der Waals surface area contributed by atoms with Gasteiger partial charge < -0.3 is 4.74 Å². The number of aryl methyl sites for hydroxylation is 1. The van der Waals surface area contributed by atoms with Gasteiger partial charge in [0.15, 0.2) is 0 Å². The molecule has 0 aromatic heterocycles. The topological polar surface area (TPSA) is 75.7 Å². The first-order valence-corrected chi connectivity index (χ1v) is 8.06. The Hall–Kier alpha value is -1.12. The van der Waals surface area contributed by atoms with E-state index in [4.69, 9.17) is 0 Å². The molecule has 8 heteroatoms. The Balaban J connectivity index is 2.76. The molecule has 1 aromatic rings. The van der Waals surface area contributed by atoms with Gasteiger partial charge in [-0.05, 0) is 40.5 Å². The Morgan fingerprint density at radius 2 is 2.10 bits per heavy atom. The number of benzene rings is 1. The number of esters is 1. The molecule has 0 radical (unpaired) electrons. The van der Waals surface area contributed by atoms with E-state index in [1.54, 1.807) is 12.1 Å². The molecule has 0 amide bonds. The lowest BCUT2D eigenvalue weighted by Gasteiger charge is -2.18. The monoisotopic (exact) mass is 364 g/mol. The minimum absolute atomic E-state index is 0.00295. The Labute approximate surface area is 127 Å². The second-order valence-electron chi connectivity index (χ2n) is 4.24. The second-order valence-corrected chi connectivity index (χ2v) is 6.87.